The SMILES string of the molecule is O=C1CN(CP(=O)(O)O)C(=O)CN1. The minimum absolute atomic E-state index is 0.196. The van der Waals surface area contributed by atoms with Gasteiger partial charge in [0.15, 0.2) is 0 Å². The Bertz CT molecular complexity index is 285. The molecule has 1 heterocycles. The minimum Gasteiger partial charge on any atom is -0.345 e. The van der Waals surface area contributed by atoms with Crippen LogP contribution >= 0.6 is 7.60 Å². The molecule has 3 N–H and O–H groups in total. The van der Waals surface area contributed by atoms with E-state index in [4.69, 9.17) is 9.79 Å². The highest BCUT2D eigenvalue weighted by molar-refractivity contribution is 7.51. The Morgan fingerprint density at radius 3 is 2.62 bits per heavy atom. The van der Waals surface area contributed by atoms with Gasteiger partial charge in [-0.05, 0) is 0 Å². The Hall–Kier alpha value is -0.910. The number of carbonyl (C=O) groups excluding carboxylic acids is 2. The Morgan fingerprint density at radius 2 is 2.08 bits per heavy atom. The van der Waals surface area contributed by atoms with Crippen molar-refractivity contribution in [2.75, 3.05) is 19.4 Å². The van der Waals surface area contributed by atoms with Crippen molar-refractivity contribution in [2.24, 2.45) is 0 Å². The van der Waals surface area contributed by atoms with Crippen LogP contribution in [0.15, 0.2) is 0 Å². The number of carbonyl (C=O) groups is 2. The number of hydrogen-bond acceptors (Lipinski definition) is 3. The third-order valence-corrected chi connectivity index (χ3v) is 2.19. The molecule has 7 nitrogen and oxygen atoms in total. The third kappa shape index (κ3) is 3.14. The normalized spacial score (nSPS) is 18.8. The summed E-state index contributed by atoms with van der Waals surface area (Å²) in [6.45, 7) is -0.483. The van der Waals surface area contributed by atoms with E-state index in [1.165, 1.54) is 0 Å². The average molecular weight is 208 g/mol. The lowest BCUT2D eigenvalue weighted by Crippen LogP contribution is -2.51. The lowest BCUT2D eigenvalue weighted by molar-refractivity contribution is -0.139. The zero-order valence-corrected chi connectivity index (χ0v) is 7.53. The fourth-order valence-corrected chi connectivity index (χ4v) is 1.66. The lowest BCUT2D eigenvalue weighted by Gasteiger charge is -2.26. The van der Waals surface area contributed by atoms with E-state index in [0.717, 1.165) is 4.90 Å². The molecule has 0 saturated carbocycles. The maximum absolute atomic E-state index is 11.0. The number of nitrogens with zero attached hydrogens (tertiary/aromatic N) is 1. The van der Waals surface area contributed by atoms with Gasteiger partial charge in [-0.3, -0.25) is 14.2 Å². The van der Waals surface area contributed by atoms with Crippen LogP contribution in [0.3, 0.4) is 0 Å². The van der Waals surface area contributed by atoms with Crippen molar-refractivity contribution in [1.29, 1.82) is 0 Å². The predicted octanol–water partition coefficient (Wildman–Crippen LogP) is -1.92. The molecule has 0 aliphatic carbocycles. The van der Waals surface area contributed by atoms with Crippen LogP contribution in [0.2, 0.25) is 0 Å². The highest BCUT2D eigenvalue weighted by Crippen LogP contribution is 2.35. The first kappa shape index (κ1) is 10.2. The van der Waals surface area contributed by atoms with E-state index in [1.807, 2.05) is 0 Å². The summed E-state index contributed by atoms with van der Waals surface area (Å²) in [6.07, 6.45) is -0.695. The monoisotopic (exact) mass is 208 g/mol. The van der Waals surface area contributed by atoms with Crippen molar-refractivity contribution < 1.29 is 23.9 Å². The molecule has 13 heavy (non-hydrogen) atoms. The molecule has 0 aromatic rings. The van der Waals surface area contributed by atoms with Crippen LogP contribution in [-0.4, -0.2) is 45.9 Å². The smallest absolute Gasteiger partial charge is 0.344 e. The van der Waals surface area contributed by atoms with E-state index >= 15 is 0 Å². The highest BCUT2D eigenvalue weighted by Gasteiger charge is 2.28. The second kappa shape index (κ2) is 3.45. The zero-order valence-electron chi connectivity index (χ0n) is 6.63. The quantitative estimate of drug-likeness (QED) is 0.458. The molecule has 1 saturated heterocycles. The molecular formula is C5H9N2O5P. The molecule has 0 aromatic carbocycles. The van der Waals surface area contributed by atoms with Crippen molar-refractivity contribution in [2.45, 2.75) is 0 Å². The summed E-state index contributed by atoms with van der Waals surface area (Å²) in [5, 5.41) is 2.26. The van der Waals surface area contributed by atoms with E-state index in [2.05, 4.69) is 5.32 Å². The highest BCUT2D eigenvalue weighted by atomic mass is 31.2. The molecule has 2 amide bonds. The van der Waals surface area contributed by atoms with Crippen LogP contribution in [0.25, 0.3) is 0 Å². The van der Waals surface area contributed by atoms with Gasteiger partial charge in [-0.15, -0.1) is 0 Å². The topological polar surface area (TPSA) is 107 Å². The van der Waals surface area contributed by atoms with Crippen molar-refractivity contribution in [3.63, 3.8) is 0 Å². The summed E-state index contributed by atoms with van der Waals surface area (Å²) < 4.78 is 10.5. The van der Waals surface area contributed by atoms with Gasteiger partial charge in [0.1, 0.15) is 12.8 Å². The van der Waals surface area contributed by atoms with Gasteiger partial charge >= 0.3 is 7.60 Å². The Kier molecular flexibility index (Phi) is 2.70. The fraction of sp³-hybridized carbons (Fsp3) is 0.600. The number of amides is 2. The van der Waals surface area contributed by atoms with Gasteiger partial charge in [-0.25, -0.2) is 0 Å². The van der Waals surface area contributed by atoms with E-state index < -0.39 is 25.7 Å². The molecule has 1 rings (SSSR count). The molecular weight excluding hydrogens is 199 g/mol. The predicted molar refractivity (Wildman–Crippen MR) is 41.6 cm³/mol. The van der Waals surface area contributed by atoms with Crippen LogP contribution in [0.5, 0.6) is 0 Å². The summed E-state index contributed by atoms with van der Waals surface area (Å²) in [7, 11) is -4.27. The van der Waals surface area contributed by atoms with E-state index in [0.29, 0.717) is 0 Å². The van der Waals surface area contributed by atoms with Crippen molar-refractivity contribution in [1.82, 2.24) is 10.2 Å². The zero-order chi connectivity index (χ0) is 10.1. The number of nitrogens with one attached hydrogen (secondary N) is 1. The molecule has 1 aliphatic heterocycles. The lowest BCUT2D eigenvalue weighted by atomic mass is 10.4. The maximum Gasteiger partial charge on any atom is 0.344 e. The van der Waals surface area contributed by atoms with Crippen LogP contribution < -0.4 is 5.32 Å². The Balaban J connectivity index is 2.62. The second-order valence-electron chi connectivity index (χ2n) is 2.67. The number of rotatable bonds is 2. The summed E-state index contributed by atoms with van der Waals surface area (Å²) in [5.41, 5.74) is 0. The molecule has 8 heteroatoms. The first-order valence-corrected chi connectivity index (χ1v) is 5.27. The first-order valence-electron chi connectivity index (χ1n) is 3.47. The molecule has 0 atom stereocenters. The van der Waals surface area contributed by atoms with Crippen LogP contribution in [-0.2, 0) is 14.2 Å². The van der Waals surface area contributed by atoms with Gasteiger partial charge in [-0.1, -0.05) is 0 Å². The first-order chi connectivity index (χ1) is 5.88. The maximum atomic E-state index is 11.0. The van der Waals surface area contributed by atoms with Crippen LogP contribution in [0, 0.1) is 0 Å². The van der Waals surface area contributed by atoms with Crippen molar-refractivity contribution in [3.05, 3.63) is 0 Å². The van der Waals surface area contributed by atoms with Crippen LogP contribution in [0.4, 0.5) is 0 Å². The van der Waals surface area contributed by atoms with E-state index in [-0.39, 0.29) is 13.1 Å². The third-order valence-electron chi connectivity index (χ3n) is 1.48. The van der Waals surface area contributed by atoms with Crippen molar-refractivity contribution in [3.8, 4) is 0 Å². The van der Waals surface area contributed by atoms with Crippen LogP contribution in [0.1, 0.15) is 0 Å². The molecule has 0 radical (unpaired) electrons. The Labute approximate surface area is 73.9 Å². The van der Waals surface area contributed by atoms with Gasteiger partial charge in [-0.2, -0.15) is 0 Å². The van der Waals surface area contributed by atoms with E-state index in [1.54, 1.807) is 0 Å². The standard InChI is InChI=1S/C5H9N2O5P/c8-4-2-7(3-13(10,11)12)5(9)1-6-4/h1-3H2,(H,6,8)(H2,10,11,12). The molecule has 1 aliphatic rings. The summed E-state index contributed by atoms with van der Waals surface area (Å²) >= 11 is 0. The van der Waals surface area contributed by atoms with Gasteiger partial charge in [0.05, 0.1) is 6.54 Å². The number of hydrogen-bond donors (Lipinski definition) is 3. The summed E-state index contributed by atoms with van der Waals surface area (Å²) in [6, 6.07) is 0. The van der Waals surface area contributed by atoms with Gasteiger partial charge < -0.3 is 20.0 Å². The molecule has 0 aromatic heterocycles. The van der Waals surface area contributed by atoms with Gasteiger partial charge in [0.2, 0.25) is 11.8 Å². The fourth-order valence-electron chi connectivity index (χ4n) is 0.955. The minimum atomic E-state index is -4.27. The number of piperazine rings is 1. The van der Waals surface area contributed by atoms with Gasteiger partial charge in [0, 0.05) is 0 Å². The molecule has 0 unspecified atom stereocenters. The van der Waals surface area contributed by atoms with E-state index in [9.17, 15) is 14.2 Å². The second-order valence-corrected chi connectivity index (χ2v) is 4.29. The molecule has 0 bridgehead atoms. The van der Waals surface area contributed by atoms with Crippen molar-refractivity contribution >= 4 is 19.4 Å². The largest absolute Gasteiger partial charge is 0.345 e. The van der Waals surface area contributed by atoms with Gasteiger partial charge in [0.25, 0.3) is 0 Å². The average Bonchev–Trinajstić information content (AvgIpc) is 1.94. The molecule has 1 fully saturated rings. The summed E-state index contributed by atoms with van der Waals surface area (Å²) in [5.74, 6) is -0.893. The Morgan fingerprint density at radius 1 is 1.46 bits per heavy atom. The molecule has 0 spiro atoms. The molecule has 74 valence electrons. The summed E-state index contributed by atoms with van der Waals surface area (Å²) in [4.78, 5) is 39.7.